The molecule has 1 aliphatic carbocycles. The summed E-state index contributed by atoms with van der Waals surface area (Å²) in [7, 11) is -1.86. The molecule has 17 heavy (non-hydrogen) atoms. The SMILES string of the molecule is COCCNS(=O)(=O)NCC1CCCC1CN. The summed E-state index contributed by atoms with van der Waals surface area (Å²) in [4.78, 5) is 0. The first kappa shape index (κ1) is 14.8. The zero-order valence-corrected chi connectivity index (χ0v) is 11.1. The molecule has 7 heteroatoms. The van der Waals surface area contributed by atoms with Crippen LogP contribution in [0.25, 0.3) is 0 Å². The van der Waals surface area contributed by atoms with E-state index in [-0.39, 0.29) is 6.54 Å². The fraction of sp³-hybridized carbons (Fsp3) is 1.00. The number of rotatable bonds is 8. The first-order valence-corrected chi connectivity index (χ1v) is 7.50. The Labute approximate surface area is 103 Å². The maximum Gasteiger partial charge on any atom is 0.276 e. The summed E-state index contributed by atoms with van der Waals surface area (Å²) in [6, 6.07) is 0. The van der Waals surface area contributed by atoms with Crippen LogP contribution in [0.4, 0.5) is 0 Å². The molecule has 0 aromatic heterocycles. The topological polar surface area (TPSA) is 93.4 Å². The molecule has 0 heterocycles. The minimum absolute atomic E-state index is 0.289. The van der Waals surface area contributed by atoms with Gasteiger partial charge in [-0.05, 0) is 31.2 Å². The Morgan fingerprint density at radius 1 is 1.29 bits per heavy atom. The number of ether oxygens (including phenoxy) is 1. The number of nitrogens with two attached hydrogens (primary N) is 1. The highest BCUT2D eigenvalue weighted by Gasteiger charge is 2.26. The molecule has 0 radical (unpaired) electrons. The zero-order chi connectivity index (χ0) is 12.7. The maximum atomic E-state index is 11.5. The van der Waals surface area contributed by atoms with Crippen molar-refractivity contribution in [3.63, 3.8) is 0 Å². The Morgan fingerprint density at radius 2 is 2.00 bits per heavy atom. The normalized spacial score (nSPS) is 25.3. The molecule has 0 aliphatic heterocycles. The van der Waals surface area contributed by atoms with Gasteiger partial charge in [0.1, 0.15) is 0 Å². The number of hydrogen-bond acceptors (Lipinski definition) is 4. The van der Waals surface area contributed by atoms with E-state index in [0.717, 1.165) is 19.3 Å². The van der Waals surface area contributed by atoms with E-state index in [0.29, 0.717) is 31.5 Å². The van der Waals surface area contributed by atoms with E-state index in [2.05, 4.69) is 9.44 Å². The second-order valence-electron chi connectivity index (χ2n) is 4.43. The average Bonchev–Trinajstić information content (AvgIpc) is 2.74. The lowest BCUT2D eigenvalue weighted by molar-refractivity contribution is 0.204. The highest BCUT2D eigenvalue weighted by molar-refractivity contribution is 7.87. The Kier molecular flexibility index (Phi) is 6.35. The second-order valence-corrected chi connectivity index (χ2v) is 6.01. The highest BCUT2D eigenvalue weighted by Crippen LogP contribution is 2.30. The van der Waals surface area contributed by atoms with Crippen molar-refractivity contribution in [1.82, 2.24) is 9.44 Å². The molecule has 0 spiro atoms. The third kappa shape index (κ3) is 5.31. The molecule has 102 valence electrons. The Bertz CT molecular complexity index is 308. The van der Waals surface area contributed by atoms with E-state index < -0.39 is 10.2 Å². The van der Waals surface area contributed by atoms with Crippen molar-refractivity contribution >= 4 is 10.2 Å². The summed E-state index contributed by atoms with van der Waals surface area (Å²) in [5.74, 6) is 0.829. The largest absolute Gasteiger partial charge is 0.383 e. The molecule has 1 saturated carbocycles. The lowest BCUT2D eigenvalue weighted by atomic mass is 9.97. The molecule has 0 aromatic carbocycles. The predicted octanol–water partition coefficient (Wildman–Crippen LogP) is -0.568. The highest BCUT2D eigenvalue weighted by atomic mass is 32.2. The predicted molar refractivity (Wildman–Crippen MR) is 66.7 cm³/mol. The summed E-state index contributed by atoms with van der Waals surface area (Å²) in [5.41, 5.74) is 5.65. The van der Waals surface area contributed by atoms with Gasteiger partial charge in [-0.3, -0.25) is 0 Å². The second kappa shape index (κ2) is 7.27. The summed E-state index contributed by atoms with van der Waals surface area (Å²) >= 11 is 0. The molecule has 0 saturated heterocycles. The quantitative estimate of drug-likeness (QED) is 0.512. The van der Waals surface area contributed by atoms with Crippen LogP contribution in [0.15, 0.2) is 0 Å². The van der Waals surface area contributed by atoms with Gasteiger partial charge in [-0.1, -0.05) is 6.42 Å². The van der Waals surface area contributed by atoms with E-state index >= 15 is 0 Å². The molecule has 1 rings (SSSR count). The van der Waals surface area contributed by atoms with Gasteiger partial charge in [0, 0.05) is 20.2 Å². The summed E-state index contributed by atoms with van der Waals surface area (Å²) in [6.45, 7) is 1.78. The van der Waals surface area contributed by atoms with E-state index in [4.69, 9.17) is 10.5 Å². The Morgan fingerprint density at radius 3 is 2.65 bits per heavy atom. The van der Waals surface area contributed by atoms with Crippen molar-refractivity contribution < 1.29 is 13.2 Å². The van der Waals surface area contributed by atoms with Crippen molar-refractivity contribution in [3.8, 4) is 0 Å². The number of methoxy groups -OCH3 is 1. The van der Waals surface area contributed by atoms with Crippen molar-refractivity contribution in [2.24, 2.45) is 17.6 Å². The zero-order valence-electron chi connectivity index (χ0n) is 10.3. The molecule has 0 amide bonds. The van der Waals surface area contributed by atoms with Gasteiger partial charge >= 0.3 is 0 Å². The van der Waals surface area contributed by atoms with Gasteiger partial charge in [0.05, 0.1) is 6.61 Å². The monoisotopic (exact) mass is 265 g/mol. The third-order valence-electron chi connectivity index (χ3n) is 3.25. The van der Waals surface area contributed by atoms with Gasteiger partial charge in [0.15, 0.2) is 0 Å². The van der Waals surface area contributed by atoms with Crippen LogP contribution < -0.4 is 15.2 Å². The molecule has 2 atom stereocenters. The number of hydrogen-bond donors (Lipinski definition) is 3. The van der Waals surface area contributed by atoms with Gasteiger partial charge in [-0.2, -0.15) is 13.1 Å². The lowest BCUT2D eigenvalue weighted by Gasteiger charge is -2.18. The molecule has 0 aromatic rings. The standard InChI is InChI=1S/C10H23N3O3S/c1-16-6-5-12-17(14,15)13-8-10-4-2-3-9(10)7-11/h9-10,12-13H,2-8,11H2,1H3. The maximum absolute atomic E-state index is 11.5. The summed E-state index contributed by atoms with van der Waals surface area (Å²) < 4.78 is 32.9. The fourth-order valence-electron chi connectivity index (χ4n) is 2.24. The summed E-state index contributed by atoms with van der Waals surface area (Å²) in [5, 5.41) is 0. The smallest absolute Gasteiger partial charge is 0.276 e. The lowest BCUT2D eigenvalue weighted by Crippen LogP contribution is -2.41. The van der Waals surface area contributed by atoms with E-state index in [9.17, 15) is 8.42 Å². The van der Waals surface area contributed by atoms with Gasteiger partial charge in [0.25, 0.3) is 10.2 Å². The minimum atomic E-state index is -3.39. The van der Waals surface area contributed by atoms with Crippen LogP contribution in [0.3, 0.4) is 0 Å². The van der Waals surface area contributed by atoms with Gasteiger partial charge in [0.2, 0.25) is 0 Å². The third-order valence-corrected chi connectivity index (χ3v) is 4.38. The molecule has 2 unspecified atom stereocenters. The van der Waals surface area contributed by atoms with Crippen LogP contribution in [0.1, 0.15) is 19.3 Å². The van der Waals surface area contributed by atoms with Gasteiger partial charge in [-0.15, -0.1) is 0 Å². The minimum Gasteiger partial charge on any atom is -0.383 e. The Balaban J connectivity index is 2.28. The Hall–Kier alpha value is -0.210. The van der Waals surface area contributed by atoms with Gasteiger partial charge < -0.3 is 10.5 Å². The van der Waals surface area contributed by atoms with Crippen molar-refractivity contribution in [3.05, 3.63) is 0 Å². The first-order chi connectivity index (χ1) is 8.09. The summed E-state index contributed by atoms with van der Waals surface area (Å²) in [6.07, 6.45) is 3.31. The number of nitrogens with one attached hydrogen (secondary N) is 2. The molecule has 1 fully saturated rings. The van der Waals surface area contributed by atoms with Crippen molar-refractivity contribution in [2.45, 2.75) is 19.3 Å². The molecule has 0 bridgehead atoms. The van der Waals surface area contributed by atoms with Crippen LogP contribution in [-0.2, 0) is 14.9 Å². The van der Waals surface area contributed by atoms with Crippen LogP contribution >= 0.6 is 0 Å². The average molecular weight is 265 g/mol. The van der Waals surface area contributed by atoms with Crippen molar-refractivity contribution in [2.75, 3.05) is 33.4 Å². The molecule has 1 aliphatic rings. The molecular formula is C10H23N3O3S. The molecule has 6 nitrogen and oxygen atoms in total. The van der Waals surface area contributed by atoms with E-state index in [1.54, 1.807) is 0 Å². The van der Waals surface area contributed by atoms with Gasteiger partial charge in [-0.25, -0.2) is 4.72 Å². The van der Waals surface area contributed by atoms with E-state index in [1.165, 1.54) is 7.11 Å². The fourth-order valence-corrected chi connectivity index (χ4v) is 3.13. The first-order valence-electron chi connectivity index (χ1n) is 6.02. The van der Waals surface area contributed by atoms with Crippen LogP contribution in [0.2, 0.25) is 0 Å². The van der Waals surface area contributed by atoms with Crippen LogP contribution in [0.5, 0.6) is 0 Å². The van der Waals surface area contributed by atoms with E-state index in [1.807, 2.05) is 0 Å². The van der Waals surface area contributed by atoms with Crippen LogP contribution in [-0.4, -0.2) is 41.8 Å². The molecule has 4 N–H and O–H groups in total. The van der Waals surface area contributed by atoms with Crippen molar-refractivity contribution in [1.29, 1.82) is 0 Å². The molecular weight excluding hydrogens is 242 g/mol. The van der Waals surface area contributed by atoms with Crippen LogP contribution in [0, 0.1) is 11.8 Å².